The van der Waals surface area contributed by atoms with Crippen molar-refractivity contribution in [3.05, 3.63) is 41.6 Å². The van der Waals surface area contributed by atoms with Gasteiger partial charge in [-0.1, -0.05) is 25.1 Å². The number of para-hydroxylation sites is 1. The molecule has 0 amide bonds. The molecule has 4 heterocycles. The van der Waals surface area contributed by atoms with E-state index in [1.54, 1.807) is 0 Å². The van der Waals surface area contributed by atoms with Crippen molar-refractivity contribution >= 4 is 22.6 Å². The lowest BCUT2D eigenvalue weighted by Crippen LogP contribution is -2.51. The molecule has 3 aliphatic rings. The van der Waals surface area contributed by atoms with E-state index in [9.17, 15) is 4.79 Å². The molecule has 3 aliphatic heterocycles. The second kappa shape index (κ2) is 5.71. The van der Waals surface area contributed by atoms with E-state index >= 15 is 0 Å². The zero-order chi connectivity index (χ0) is 17.9. The quantitative estimate of drug-likeness (QED) is 0.781. The van der Waals surface area contributed by atoms with Gasteiger partial charge in [-0.15, -0.1) is 0 Å². The summed E-state index contributed by atoms with van der Waals surface area (Å²) in [6.07, 6.45) is 6.73. The van der Waals surface area contributed by atoms with Crippen LogP contribution in [0.3, 0.4) is 0 Å². The van der Waals surface area contributed by atoms with Crippen LogP contribution >= 0.6 is 0 Å². The maximum absolute atomic E-state index is 12.9. The van der Waals surface area contributed by atoms with Gasteiger partial charge in [-0.3, -0.25) is 4.90 Å². The zero-order valence-corrected chi connectivity index (χ0v) is 15.6. The number of rotatable bonds is 3. The van der Waals surface area contributed by atoms with Gasteiger partial charge in [0.25, 0.3) is 0 Å². The van der Waals surface area contributed by atoms with Crippen LogP contribution in [0.25, 0.3) is 16.6 Å². The molecule has 5 rings (SSSR count). The van der Waals surface area contributed by atoms with E-state index in [2.05, 4.69) is 46.7 Å². The van der Waals surface area contributed by atoms with E-state index in [-0.39, 0.29) is 11.4 Å². The molecule has 2 aromatic rings. The average Bonchev–Trinajstić information content (AvgIpc) is 3.02. The molecule has 0 radical (unpaired) electrons. The standard InChI is InChI=1S/C22H26N2O2/c1-3-22-11-7-12-23-13-10-16-15-8-5-6-9-17(15)24(19(16)20(22)23)18(14-22)21(25)26-4-2/h5-6,8-9,14,20H,3-4,7,10-13H2,1-2H3/t20-,22+/m1/s1/i4-1. The predicted molar refractivity (Wildman–Crippen MR) is 103 cm³/mol. The number of benzene rings is 1. The van der Waals surface area contributed by atoms with Gasteiger partial charge in [-0.2, -0.15) is 0 Å². The molecule has 1 aromatic heterocycles. The Morgan fingerprint density at radius 2 is 2.12 bits per heavy atom. The fourth-order valence-corrected chi connectivity index (χ4v) is 5.63. The van der Waals surface area contributed by atoms with Gasteiger partial charge in [-0.25, -0.2) is 4.79 Å². The highest BCUT2D eigenvalue weighted by Gasteiger charge is 2.51. The Morgan fingerprint density at radius 3 is 2.92 bits per heavy atom. The normalized spacial score (nSPS) is 27.2. The van der Waals surface area contributed by atoms with E-state index in [1.807, 2.05) is 6.92 Å². The van der Waals surface area contributed by atoms with Gasteiger partial charge in [0, 0.05) is 23.0 Å². The van der Waals surface area contributed by atoms with Crippen LogP contribution in [0.1, 0.15) is 50.4 Å². The van der Waals surface area contributed by atoms with Crippen molar-refractivity contribution in [2.24, 2.45) is 5.41 Å². The zero-order valence-electron chi connectivity index (χ0n) is 15.6. The van der Waals surface area contributed by atoms with Crippen molar-refractivity contribution in [1.82, 2.24) is 9.47 Å². The van der Waals surface area contributed by atoms with E-state index < -0.39 is 0 Å². The van der Waals surface area contributed by atoms with Crippen LogP contribution in [0.5, 0.6) is 0 Å². The molecule has 1 fully saturated rings. The monoisotopic (exact) mass is 349 g/mol. The SMILES string of the molecule is CC[C@@]12C=C(C(=O)O[11CH2]C)n3c4c(c5ccccc53)CCN(CCC1)[C@H]42. The predicted octanol–water partition coefficient (Wildman–Crippen LogP) is 4.15. The number of carbonyl (C=O) groups excluding carboxylic acids is 1. The molecule has 26 heavy (non-hydrogen) atoms. The van der Waals surface area contributed by atoms with E-state index in [0.717, 1.165) is 43.6 Å². The number of ether oxygens (including phenoxy) is 1. The minimum absolute atomic E-state index is 0.0416. The molecule has 1 aromatic carbocycles. The van der Waals surface area contributed by atoms with Gasteiger partial charge in [0.1, 0.15) is 5.70 Å². The van der Waals surface area contributed by atoms with Gasteiger partial charge in [0.15, 0.2) is 0 Å². The van der Waals surface area contributed by atoms with Gasteiger partial charge >= 0.3 is 5.97 Å². The molecule has 0 aliphatic carbocycles. The summed E-state index contributed by atoms with van der Waals surface area (Å²) in [6.45, 7) is 6.85. The van der Waals surface area contributed by atoms with Crippen LogP contribution in [0.2, 0.25) is 0 Å². The van der Waals surface area contributed by atoms with Crippen LogP contribution in [-0.4, -0.2) is 35.1 Å². The topological polar surface area (TPSA) is 34.5 Å². The van der Waals surface area contributed by atoms with Crippen molar-refractivity contribution in [2.45, 2.75) is 45.6 Å². The summed E-state index contributed by atoms with van der Waals surface area (Å²) in [6, 6.07) is 8.92. The molecule has 0 bridgehead atoms. The number of nitrogens with zero attached hydrogens (tertiary/aromatic N) is 2. The van der Waals surface area contributed by atoms with E-state index in [4.69, 9.17) is 4.74 Å². The van der Waals surface area contributed by atoms with E-state index in [1.165, 1.54) is 23.1 Å². The Labute approximate surface area is 154 Å². The summed E-state index contributed by atoms with van der Waals surface area (Å²) in [5, 5.41) is 1.30. The largest absolute Gasteiger partial charge is 0.461 e. The maximum atomic E-state index is 12.9. The van der Waals surface area contributed by atoms with Gasteiger partial charge in [-0.05, 0) is 56.9 Å². The van der Waals surface area contributed by atoms with Gasteiger partial charge < -0.3 is 9.30 Å². The van der Waals surface area contributed by atoms with Crippen molar-refractivity contribution in [2.75, 3.05) is 19.7 Å². The number of fused-ring (bicyclic) bond motifs is 3. The van der Waals surface area contributed by atoms with Gasteiger partial charge in [0.05, 0.1) is 18.2 Å². The third kappa shape index (κ3) is 1.96. The Morgan fingerprint density at radius 1 is 1.27 bits per heavy atom. The Balaban J connectivity index is 1.85. The first-order valence-corrected chi connectivity index (χ1v) is 9.97. The van der Waals surface area contributed by atoms with Gasteiger partial charge in [0.2, 0.25) is 0 Å². The summed E-state index contributed by atoms with van der Waals surface area (Å²) in [7, 11) is 0. The molecule has 2 atom stereocenters. The first kappa shape index (κ1) is 16.1. The fraction of sp³-hybridized carbons (Fsp3) is 0.500. The summed E-state index contributed by atoms with van der Waals surface area (Å²) in [5.74, 6) is -0.190. The molecule has 0 N–H and O–H groups in total. The maximum Gasteiger partial charge on any atom is 0.354 e. The highest BCUT2D eigenvalue weighted by Crippen LogP contribution is 2.57. The minimum atomic E-state index is -0.190. The molecule has 0 unspecified atom stereocenters. The van der Waals surface area contributed by atoms with Crippen LogP contribution in [0.4, 0.5) is 0 Å². The molecule has 136 valence electrons. The smallest absolute Gasteiger partial charge is 0.354 e. The highest BCUT2D eigenvalue weighted by atomic mass is 16.5. The van der Waals surface area contributed by atoms with Crippen molar-refractivity contribution in [1.29, 1.82) is 0 Å². The van der Waals surface area contributed by atoms with Crippen molar-refractivity contribution in [3.63, 3.8) is 0 Å². The Kier molecular flexibility index (Phi) is 3.54. The highest BCUT2D eigenvalue weighted by molar-refractivity contribution is 6.13. The Bertz CT molecular complexity index is 926. The second-order valence-corrected chi connectivity index (χ2v) is 7.85. The first-order valence-electron chi connectivity index (χ1n) is 9.97. The summed E-state index contributed by atoms with van der Waals surface area (Å²) in [5.41, 5.74) is 4.71. The summed E-state index contributed by atoms with van der Waals surface area (Å²) >= 11 is 0. The minimum Gasteiger partial charge on any atom is -0.461 e. The number of hydrogen-bond donors (Lipinski definition) is 0. The average molecular weight is 349 g/mol. The molecular weight excluding hydrogens is 323 g/mol. The molecule has 4 nitrogen and oxygen atoms in total. The number of piperidine rings is 1. The number of hydrogen-bond acceptors (Lipinski definition) is 3. The summed E-state index contributed by atoms with van der Waals surface area (Å²) in [4.78, 5) is 15.6. The lowest BCUT2D eigenvalue weighted by molar-refractivity contribution is -0.136. The number of esters is 1. The third-order valence-corrected chi connectivity index (χ3v) is 6.73. The Hall–Kier alpha value is -2.07. The number of carbonyl (C=O) groups is 1. The molecule has 1 saturated heterocycles. The van der Waals surface area contributed by atoms with Crippen LogP contribution in [0.15, 0.2) is 30.3 Å². The lowest BCUT2D eigenvalue weighted by Gasteiger charge is -2.53. The third-order valence-electron chi connectivity index (χ3n) is 6.73. The molecule has 0 saturated carbocycles. The summed E-state index contributed by atoms with van der Waals surface area (Å²) < 4.78 is 7.69. The van der Waals surface area contributed by atoms with Crippen LogP contribution in [0, 0.1) is 5.41 Å². The molecule has 0 spiro atoms. The lowest BCUT2D eigenvalue weighted by atomic mass is 9.66. The second-order valence-electron chi connectivity index (χ2n) is 7.85. The molecule has 4 heteroatoms. The molecular formula is C22H26N2O2. The number of aromatic nitrogens is 1. The van der Waals surface area contributed by atoms with Crippen molar-refractivity contribution < 1.29 is 9.53 Å². The fourth-order valence-electron chi connectivity index (χ4n) is 5.63. The van der Waals surface area contributed by atoms with E-state index in [0.29, 0.717) is 12.6 Å². The van der Waals surface area contributed by atoms with Crippen LogP contribution < -0.4 is 0 Å². The van der Waals surface area contributed by atoms with Crippen molar-refractivity contribution in [3.8, 4) is 0 Å². The first-order chi connectivity index (χ1) is 12.7. The van der Waals surface area contributed by atoms with Crippen LogP contribution in [-0.2, 0) is 16.0 Å².